The third-order valence-corrected chi connectivity index (χ3v) is 1.59. The minimum atomic E-state index is -0.102. The summed E-state index contributed by atoms with van der Waals surface area (Å²) in [5.41, 5.74) is 8.94. The first-order valence-corrected chi connectivity index (χ1v) is 3.74. The Bertz CT molecular complexity index is 156. The van der Waals surface area contributed by atoms with Gasteiger partial charge in [-0.1, -0.05) is 0 Å². The molecule has 0 bridgehead atoms. The van der Waals surface area contributed by atoms with E-state index in [2.05, 4.69) is 5.73 Å². The molecule has 0 aliphatic rings. The lowest BCUT2D eigenvalue weighted by Crippen LogP contribution is -2.64. The zero-order valence-electron chi connectivity index (χ0n) is 6.97. The molecule has 0 aliphatic heterocycles. The van der Waals surface area contributed by atoms with Crippen LogP contribution in [0, 0.1) is 0 Å². The van der Waals surface area contributed by atoms with Gasteiger partial charge in [0.05, 0.1) is 0 Å². The number of amidine groups is 1. The van der Waals surface area contributed by atoms with Gasteiger partial charge >= 0.3 is 0 Å². The van der Waals surface area contributed by atoms with Gasteiger partial charge in [-0.2, -0.15) is 0 Å². The Morgan fingerprint density at radius 1 is 1.73 bits per heavy atom. The summed E-state index contributed by atoms with van der Waals surface area (Å²) in [5, 5.41) is 5.24. The lowest BCUT2D eigenvalue weighted by Gasteiger charge is -2.01. The van der Waals surface area contributed by atoms with Crippen molar-refractivity contribution in [1.29, 1.82) is 0 Å². The van der Waals surface area contributed by atoms with Gasteiger partial charge in [-0.05, 0) is 6.42 Å². The SMILES string of the molecule is CC(=O)C([NH3+])CCCC(N)=[NH2+]. The predicted octanol–water partition coefficient (Wildman–Crippen LogP) is -2.53. The summed E-state index contributed by atoms with van der Waals surface area (Å²) >= 11 is 0. The third-order valence-electron chi connectivity index (χ3n) is 1.59. The van der Waals surface area contributed by atoms with E-state index < -0.39 is 0 Å². The standard InChI is InChI=1S/C7H15N3O/c1-5(11)6(8)3-2-4-7(9)10/h6H,2-4,8H2,1H3,(H3,9,10)/p+2. The molecule has 0 aromatic rings. The molecule has 4 heteroatoms. The van der Waals surface area contributed by atoms with Crippen molar-refractivity contribution >= 4 is 11.6 Å². The Hall–Kier alpha value is -0.900. The quantitative estimate of drug-likeness (QED) is 0.305. The molecule has 0 aromatic heterocycles. The molecule has 0 radical (unpaired) electrons. The van der Waals surface area contributed by atoms with Gasteiger partial charge < -0.3 is 5.73 Å². The second-order valence-corrected chi connectivity index (χ2v) is 2.77. The smallest absolute Gasteiger partial charge is 0.238 e. The maximum absolute atomic E-state index is 10.7. The van der Waals surface area contributed by atoms with Crippen LogP contribution in [0.2, 0.25) is 0 Å². The van der Waals surface area contributed by atoms with E-state index in [0.717, 1.165) is 12.8 Å². The highest BCUT2D eigenvalue weighted by atomic mass is 16.1. The van der Waals surface area contributed by atoms with Crippen LogP contribution in [0.3, 0.4) is 0 Å². The fourth-order valence-electron chi connectivity index (χ4n) is 0.756. The summed E-state index contributed by atoms with van der Waals surface area (Å²) in [6.07, 6.45) is 2.29. The molecule has 4 nitrogen and oxygen atoms in total. The molecule has 7 N–H and O–H groups in total. The van der Waals surface area contributed by atoms with Crippen LogP contribution in [-0.4, -0.2) is 17.7 Å². The maximum Gasteiger partial charge on any atom is 0.238 e. The van der Waals surface area contributed by atoms with Crippen LogP contribution in [-0.2, 0) is 4.79 Å². The van der Waals surface area contributed by atoms with Crippen LogP contribution in [0.25, 0.3) is 0 Å². The Kier molecular flexibility index (Phi) is 4.45. The van der Waals surface area contributed by atoms with Crippen LogP contribution >= 0.6 is 0 Å². The molecule has 0 aliphatic carbocycles. The molecule has 1 unspecified atom stereocenters. The first-order chi connectivity index (χ1) is 5.04. The van der Waals surface area contributed by atoms with E-state index in [1.807, 2.05) is 0 Å². The highest BCUT2D eigenvalue weighted by Crippen LogP contribution is 1.96. The van der Waals surface area contributed by atoms with E-state index in [4.69, 9.17) is 11.1 Å². The summed E-state index contributed by atoms with van der Waals surface area (Å²) in [6, 6.07) is -0.102. The number of Topliss-reactive ketones (excluding diaryl/α,β-unsaturated/α-hetero) is 1. The number of hydrogen-bond acceptors (Lipinski definition) is 1. The number of quaternary nitrogens is 1. The fraction of sp³-hybridized carbons (Fsp3) is 0.714. The minimum Gasteiger partial charge on any atom is -0.349 e. The second-order valence-electron chi connectivity index (χ2n) is 2.77. The predicted molar refractivity (Wildman–Crippen MR) is 42.3 cm³/mol. The number of rotatable bonds is 5. The number of carbonyl (C=O) groups is 1. The molecule has 0 fully saturated rings. The van der Waals surface area contributed by atoms with Gasteiger partial charge in [0.15, 0.2) is 5.78 Å². The number of nitrogens with two attached hydrogens (primary N) is 2. The van der Waals surface area contributed by atoms with Crippen LogP contribution < -0.4 is 16.9 Å². The van der Waals surface area contributed by atoms with E-state index in [1.165, 1.54) is 0 Å². The zero-order chi connectivity index (χ0) is 8.85. The third kappa shape index (κ3) is 5.54. The Balaban J connectivity index is 3.39. The molecule has 64 valence electrons. The summed E-state index contributed by atoms with van der Waals surface area (Å²) in [6.45, 7) is 1.55. The average Bonchev–Trinajstić information content (AvgIpc) is 1.86. The zero-order valence-corrected chi connectivity index (χ0v) is 6.97. The van der Waals surface area contributed by atoms with Crippen LogP contribution in [0.1, 0.15) is 26.2 Å². The molecule has 1 atom stereocenters. The fourth-order valence-corrected chi connectivity index (χ4v) is 0.756. The second kappa shape index (κ2) is 4.85. The molecule has 0 saturated heterocycles. The van der Waals surface area contributed by atoms with Crippen molar-refractivity contribution in [1.82, 2.24) is 0 Å². The number of hydrogen-bond donors (Lipinski definition) is 3. The molecule has 0 aromatic carbocycles. The Morgan fingerprint density at radius 2 is 2.27 bits per heavy atom. The number of ketones is 1. The van der Waals surface area contributed by atoms with Crippen molar-refractivity contribution in [2.24, 2.45) is 5.73 Å². The van der Waals surface area contributed by atoms with E-state index >= 15 is 0 Å². The van der Waals surface area contributed by atoms with E-state index in [9.17, 15) is 4.79 Å². The molecular formula is C7H17N3O+2. The van der Waals surface area contributed by atoms with E-state index in [-0.39, 0.29) is 11.8 Å². The van der Waals surface area contributed by atoms with Crippen molar-refractivity contribution in [3.05, 3.63) is 0 Å². The largest absolute Gasteiger partial charge is 0.349 e. The molecular weight excluding hydrogens is 142 g/mol. The van der Waals surface area contributed by atoms with Crippen molar-refractivity contribution in [3.8, 4) is 0 Å². The minimum absolute atomic E-state index is 0.102. The van der Waals surface area contributed by atoms with Gasteiger partial charge in [-0.15, -0.1) is 0 Å². The van der Waals surface area contributed by atoms with E-state index in [0.29, 0.717) is 12.3 Å². The summed E-state index contributed by atoms with van der Waals surface area (Å²) in [7, 11) is 0. The lowest BCUT2D eigenvalue weighted by molar-refractivity contribution is -0.404. The van der Waals surface area contributed by atoms with Gasteiger partial charge in [0, 0.05) is 19.8 Å². The highest BCUT2D eigenvalue weighted by molar-refractivity contribution is 5.79. The number of carbonyl (C=O) groups excluding carboxylic acids is 1. The molecule has 0 amide bonds. The van der Waals surface area contributed by atoms with Gasteiger partial charge in [0.25, 0.3) is 0 Å². The van der Waals surface area contributed by atoms with Crippen molar-refractivity contribution in [2.75, 3.05) is 0 Å². The van der Waals surface area contributed by atoms with Crippen molar-refractivity contribution < 1.29 is 15.9 Å². The first kappa shape index (κ1) is 10.1. The van der Waals surface area contributed by atoms with Crippen LogP contribution in [0.5, 0.6) is 0 Å². The van der Waals surface area contributed by atoms with Gasteiger partial charge in [0.2, 0.25) is 5.84 Å². The monoisotopic (exact) mass is 159 g/mol. The van der Waals surface area contributed by atoms with Gasteiger partial charge in [-0.25, -0.2) is 0 Å². The van der Waals surface area contributed by atoms with Crippen molar-refractivity contribution in [3.63, 3.8) is 0 Å². The summed E-state index contributed by atoms with van der Waals surface area (Å²) in [4.78, 5) is 10.7. The summed E-state index contributed by atoms with van der Waals surface area (Å²) in [5.74, 6) is 0.557. The van der Waals surface area contributed by atoms with E-state index in [1.54, 1.807) is 6.92 Å². The Labute approximate surface area is 66.5 Å². The molecule has 11 heavy (non-hydrogen) atoms. The maximum atomic E-state index is 10.7. The van der Waals surface area contributed by atoms with Gasteiger partial charge in [0.1, 0.15) is 6.04 Å². The van der Waals surface area contributed by atoms with Crippen LogP contribution in [0.15, 0.2) is 0 Å². The lowest BCUT2D eigenvalue weighted by atomic mass is 10.1. The summed E-state index contributed by atoms with van der Waals surface area (Å²) < 4.78 is 0. The highest BCUT2D eigenvalue weighted by Gasteiger charge is 2.11. The topological polar surface area (TPSA) is 96.3 Å². The molecule has 0 saturated carbocycles. The van der Waals surface area contributed by atoms with Crippen LogP contribution in [0.4, 0.5) is 0 Å². The molecule has 0 spiro atoms. The molecule has 0 heterocycles. The Morgan fingerprint density at radius 3 is 2.64 bits per heavy atom. The van der Waals surface area contributed by atoms with Gasteiger partial charge in [-0.3, -0.25) is 15.9 Å². The first-order valence-electron chi connectivity index (χ1n) is 3.74. The average molecular weight is 159 g/mol. The normalized spacial score (nSPS) is 12.5. The molecule has 0 rings (SSSR count). The van der Waals surface area contributed by atoms with Crippen molar-refractivity contribution in [2.45, 2.75) is 32.2 Å².